The minimum Gasteiger partial charge on any atom is -0.457 e. The maximum Gasteiger partial charge on any atom is 0.246 e. The van der Waals surface area contributed by atoms with Crippen LogP contribution in [0.3, 0.4) is 0 Å². The zero-order chi connectivity index (χ0) is 27.4. The molecule has 5 aromatic rings. The van der Waals surface area contributed by atoms with E-state index >= 15 is 4.39 Å². The third-order valence-electron chi connectivity index (χ3n) is 7.53. The Morgan fingerprint density at radius 3 is 2.85 bits per heavy atom. The van der Waals surface area contributed by atoms with E-state index in [2.05, 4.69) is 36.8 Å². The highest BCUT2D eigenvalue weighted by Crippen LogP contribution is 2.36. The average Bonchev–Trinajstić information content (AvgIpc) is 3.72. The smallest absolute Gasteiger partial charge is 0.246 e. The molecular weight excluding hydrogens is 513 g/mol. The Balaban J connectivity index is 1.15. The standard InChI is InChI=1S/C28H24FN9O2/c1-3-25(39)37-13-17-10-18(37)12-36(17)23-7-5-21-27(35-23)28(32-14-30-21)34-20-4-6-22(16(2)26(20)29)40-19-8-9-38-24(11-19)31-15-33-38/h3-9,11,14-15,17-18H,1,10,12-13H2,2H3,(H,30,32,34)/t17-,18-/m1/s1. The van der Waals surface area contributed by atoms with Gasteiger partial charge in [0.15, 0.2) is 17.3 Å². The third kappa shape index (κ3) is 3.96. The molecule has 2 atom stereocenters. The summed E-state index contributed by atoms with van der Waals surface area (Å²) in [7, 11) is 0. The number of likely N-dealkylation sites (tertiary alicyclic amines) is 1. The fourth-order valence-electron chi connectivity index (χ4n) is 5.51. The Kier molecular flexibility index (Phi) is 5.54. The summed E-state index contributed by atoms with van der Waals surface area (Å²) >= 11 is 0. The van der Waals surface area contributed by atoms with E-state index in [1.54, 1.807) is 41.9 Å². The first-order chi connectivity index (χ1) is 19.5. The van der Waals surface area contributed by atoms with Crippen molar-refractivity contribution in [2.24, 2.45) is 0 Å². The first-order valence-corrected chi connectivity index (χ1v) is 12.8. The normalized spacial score (nSPS) is 18.1. The van der Waals surface area contributed by atoms with Gasteiger partial charge in [0, 0.05) is 30.9 Å². The van der Waals surface area contributed by atoms with E-state index in [4.69, 9.17) is 9.72 Å². The number of halogens is 1. The van der Waals surface area contributed by atoms with Crippen LogP contribution >= 0.6 is 0 Å². The summed E-state index contributed by atoms with van der Waals surface area (Å²) in [6, 6.07) is 10.9. The summed E-state index contributed by atoms with van der Waals surface area (Å²) in [5.74, 6) is 1.57. The van der Waals surface area contributed by atoms with Crippen LogP contribution in [-0.4, -0.2) is 65.5 Å². The van der Waals surface area contributed by atoms with Gasteiger partial charge in [0.2, 0.25) is 5.91 Å². The van der Waals surface area contributed by atoms with Gasteiger partial charge < -0.3 is 19.9 Å². The number of aromatic nitrogens is 6. The number of hydrogen-bond donors (Lipinski definition) is 1. The lowest BCUT2D eigenvalue weighted by Crippen LogP contribution is -2.48. The van der Waals surface area contributed by atoms with Gasteiger partial charge >= 0.3 is 0 Å². The van der Waals surface area contributed by atoms with Crippen LogP contribution in [0.15, 0.2) is 67.9 Å². The quantitative estimate of drug-likeness (QED) is 0.321. The number of ether oxygens (including phenoxy) is 1. The molecule has 4 aromatic heterocycles. The highest BCUT2D eigenvalue weighted by molar-refractivity contribution is 5.89. The molecule has 2 saturated heterocycles. The number of carbonyl (C=O) groups excluding carboxylic acids is 1. The van der Waals surface area contributed by atoms with Crippen molar-refractivity contribution in [2.45, 2.75) is 25.4 Å². The average molecular weight is 538 g/mol. The highest BCUT2D eigenvalue weighted by atomic mass is 19.1. The SMILES string of the molecule is C=CC(=O)N1C[C@H]2C[C@@H]1CN2c1ccc2ncnc(Nc3ccc(Oc4ccn5ncnc5c4)c(C)c3F)c2n1. The second kappa shape index (κ2) is 9.26. The largest absolute Gasteiger partial charge is 0.457 e. The molecule has 1 N–H and O–H groups in total. The minimum absolute atomic E-state index is 0.0383. The molecule has 1 amide bonds. The molecule has 11 nitrogen and oxygen atoms in total. The molecule has 2 bridgehead atoms. The number of pyridine rings is 2. The molecular formula is C28H24FN9O2. The number of anilines is 3. The molecule has 2 aliphatic heterocycles. The molecule has 0 spiro atoms. The number of carbonyl (C=O) groups is 1. The molecule has 2 aliphatic rings. The molecule has 6 heterocycles. The van der Waals surface area contributed by atoms with Crippen LogP contribution in [0.5, 0.6) is 11.5 Å². The van der Waals surface area contributed by atoms with E-state index in [9.17, 15) is 4.79 Å². The zero-order valence-corrected chi connectivity index (χ0v) is 21.5. The lowest BCUT2D eigenvalue weighted by Gasteiger charge is -2.34. The van der Waals surface area contributed by atoms with Crippen molar-refractivity contribution in [2.75, 3.05) is 23.3 Å². The summed E-state index contributed by atoms with van der Waals surface area (Å²) in [5, 5.41) is 7.17. The van der Waals surface area contributed by atoms with Crippen LogP contribution < -0.4 is 15.0 Å². The van der Waals surface area contributed by atoms with E-state index in [1.165, 1.54) is 18.7 Å². The number of fused-ring (bicyclic) bond motifs is 4. The lowest BCUT2D eigenvalue weighted by atomic mass is 10.1. The van der Waals surface area contributed by atoms with Gasteiger partial charge in [-0.15, -0.1) is 0 Å². The number of nitrogens with zero attached hydrogens (tertiary/aromatic N) is 8. The van der Waals surface area contributed by atoms with Crippen molar-refractivity contribution in [3.63, 3.8) is 0 Å². The van der Waals surface area contributed by atoms with Crippen LogP contribution in [0.4, 0.5) is 21.7 Å². The van der Waals surface area contributed by atoms with Crippen LogP contribution in [0.1, 0.15) is 12.0 Å². The molecule has 1 aromatic carbocycles. The summed E-state index contributed by atoms with van der Waals surface area (Å²) in [4.78, 5) is 34.0. The molecule has 7 rings (SSSR count). The van der Waals surface area contributed by atoms with Crippen LogP contribution in [0, 0.1) is 12.7 Å². The van der Waals surface area contributed by atoms with E-state index < -0.39 is 5.82 Å². The monoisotopic (exact) mass is 537 g/mol. The number of piperazine rings is 1. The molecule has 12 heteroatoms. The second-order valence-electron chi connectivity index (χ2n) is 9.85. The Labute approximate surface area is 228 Å². The molecule has 2 fully saturated rings. The van der Waals surface area contributed by atoms with E-state index in [0.29, 0.717) is 52.7 Å². The summed E-state index contributed by atoms with van der Waals surface area (Å²) in [5.41, 5.74) is 2.37. The van der Waals surface area contributed by atoms with Crippen molar-refractivity contribution >= 4 is 39.9 Å². The predicted octanol–water partition coefficient (Wildman–Crippen LogP) is 4.03. The maximum atomic E-state index is 15.5. The minimum atomic E-state index is -0.465. The van der Waals surface area contributed by atoms with Gasteiger partial charge in [-0.05, 0) is 49.8 Å². The summed E-state index contributed by atoms with van der Waals surface area (Å²) < 4.78 is 23.1. The lowest BCUT2D eigenvalue weighted by molar-refractivity contribution is -0.127. The van der Waals surface area contributed by atoms with Gasteiger partial charge in [-0.25, -0.2) is 28.8 Å². The van der Waals surface area contributed by atoms with Gasteiger partial charge in [-0.1, -0.05) is 6.58 Å². The Bertz CT molecular complexity index is 1810. The molecule has 200 valence electrons. The van der Waals surface area contributed by atoms with Gasteiger partial charge in [-0.2, -0.15) is 5.10 Å². The van der Waals surface area contributed by atoms with E-state index in [0.717, 1.165) is 12.2 Å². The van der Waals surface area contributed by atoms with Crippen molar-refractivity contribution in [3.8, 4) is 11.5 Å². The van der Waals surface area contributed by atoms with Crippen LogP contribution in [0.25, 0.3) is 16.7 Å². The van der Waals surface area contributed by atoms with E-state index in [1.807, 2.05) is 17.0 Å². The van der Waals surface area contributed by atoms with Gasteiger partial charge in [0.05, 0.1) is 23.3 Å². The van der Waals surface area contributed by atoms with Gasteiger partial charge in [0.25, 0.3) is 0 Å². The third-order valence-corrected chi connectivity index (χ3v) is 7.53. The highest BCUT2D eigenvalue weighted by Gasteiger charge is 2.45. The fourth-order valence-corrected chi connectivity index (χ4v) is 5.51. The van der Waals surface area contributed by atoms with Crippen LogP contribution in [-0.2, 0) is 4.79 Å². The van der Waals surface area contributed by atoms with E-state index in [-0.39, 0.29) is 23.7 Å². The van der Waals surface area contributed by atoms with Crippen molar-refractivity contribution in [1.82, 2.24) is 34.4 Å². The molecule has 0 unspecified atom stereocenters. The van der Waals surface area contributed by atoms with Crippen molar-refractivity contribution in [1.29, 1.82) is 0 Å². The van der Waals surface area contributed by atoms with Gasteiger partial charge in [-0.3, -0.25) is 4.79 Å². The molecule has 40 heavy (non-hydrogen) atoms. The molecule has 0 aliphatic carbocycles. The first kappa shape index (κ1) is 23.9. The van der Waals surface area contributed by atoms with Gasteiger partial charge in [0.1, 0.15) is 35.5 Å². The Morgan fingerprint density at radius 1 is 1.12 bits per heavy atom. The molecule has 0 radical (unpaired) electrons. The Morgan fingerprint density at radius 2 is 2.02 bits per heavy atom. The van der Waals surface area contributed by atoms with Crippen molar-refractivity contribution < 1.29 is 13.9 Å². The number of benzene rings is 1. The summed E-state index contributed by atoms with van der Waals surface area (Å²) in [6.07, 6.45) is 6.86. The topological polar surface area (TPSA) is 114 Å². The number of amides is 1. The second-order valence-corrected chi connectivity index (χ2v) is 9.85. The summed E-state index contributed by atoms with van der Waals surface area (Å²) in [6.45, 7) is 6.60. The molecule has 0 saturated carbocycles. The maximum absolute atomic E-state index is 15.5. The zero-order valence-electron chi connectivity index (χ0n) is 21.5. The van der Waals surface area contributed by atoms with Crippen LogP contribution in [0.2, 0.25) is 0 Å². The fraction of sp³-hybridized carbons (Fsp3) is 0.214. The number of rotatable bonds is 6. The predicted molar refractivity (Wildman–Crippen MR) is 146 cm³/mol. The first-order valence-electron chi connectivity index (χ1n) is 12.8. The number of hydrogen-bond acceptors (Lipinski definition) is 9. The number of nitrogens with one attached hydrogen (secondary N) is 1. The van der Waals surface area contributed by atoms with Crippen molar-refractivity contribution in [3.05, 3.63) is 79.3 Å². The Hall–Kier alpha value is -5.13.